The van der Waals surface area contributed by atoms with Crippen molar-refractivity contribution in [2.24, 2.45) is 0 Å². The molecule has 7 nitrogen and oxygen atoms in total. The normalized spacial score (nSPS) is 18.0. The van der Waals surface area contributed by atoms with Crippen LogP contribution in [0.15, 0.2) is 35.0 Å². The third-order valence-corrected chi connectivity index (χ3v) is 6.71. The van der Waals surface area contributed by atoms with Crippen molar-refractivity contribution in [3.05, 3.63) is 46.2 Å². The Hall–Kier alpha value is -2.63. The van der Waals surface area contributed by atoms with Gasteiger partial charge in [-0.3, -0.25) is 14.5 Å². The molecular weight excluding hydrogens is 469 g/mol. The summed E-state index contributed by atoms with van der Waals surface area (Å²) < 4.78 is 45.2. The van der Waals surface area contributed by atoms with E-state index >= 15 is 0 Å². The van der Waals surface area contributed by atoms with E-state index in [1.54, 1.807) is 11.4 Å². The van der Waals surface area contributed by atoms with Crippen molar-refractivity contribution in [2.45, 2.75) is 25.1 Å². The highest BCUT2D eigenvalue weighted by atomic mass is 32.1. The zero-order valence-electron chi connectivity index (χ0n) is 18.6. The molecule has 0 aliphatic carbocycles. The number of anilines is 2. The zero-order valence-corrected chi connectivity index (χ0v) is 19.4. The first-order valence-electron chi connectivity index (χ1n) is 11.2. The topological polar surface area (TPSA) is 73.9 Å². The van der Waals surface area contributed by atoms with Crippen LogP contribution in [0.4, 0.5) is 24.5 Å². The molecule has 0 unspecified atom stereocenters. The first-order chi connectivity index (χ1) is 16.3. The van der Waals surface area contributed by atoms with E-state index in [1.165, 1.54) is 17.4 Å². The number of alkyl halides is 3. The van der Waals surface area contributed by atoms with Gasteiger partial charge in [-0.05, 0) is 42.5 Å². The quantitative estimate of drug-likeness (QED) is 0.641. The number of piperidine rings is 1. The highest BCUT2D eigenvalue weighted by Crippen LogP contribution is 2.35. The second-order valence-corrected chi connectivity index (χ2v) is 9.19. The molecule has 2 aliphatic heterocycles. The summed E-state index contributed by atoms with van der Waals surface area (Å²) in [5.41, 5.74) is 0.546. The highest BCUT2D eigenvalue weighted by molar-refractivity contribution is 7.08. The van der Waals surface area contributed by atoms with Gasteiger partial charge in [0.1, 0.15) is 0 Å². The molecule has 34 heavy (non-hydrogen) atoms. The number of thiophene rings is 1. The lowest BCUT2D eigenvalue weighted by molar-refractivity contribution is -0.137. The van der Waals surface area contributed by atoms with Crippen LogP contribution in [0.25, 0.3) is 0 Å². The lowest BCUT2D eigenvalue weighted by Crippen LogP contribution is -2.46. The molecule has 184 valence electrons. The molecule has 11 heteroatoms. The van der Waals surface area contributed by atoms with Crippen LogP contribution in [0.2, 0.25) is 0 Å². The van der Waals surface area contributed by atoms with Gasteiger partial charge in [0, 0.05) is 43.2 Å². The Bertz CT molecular complexity index is 986. The minimum atomic E-state index is -4.50. The molecule has 2 aliphatic rings. The van der Waals surface area contributed by atoms with Crippen molar-refractivity contribution in [3.8, 4) is 0 Å². The number of carbonyl (C=O) groups excluding carboxylic acids is 2. The maximum Gasteiger partial charge on any atom is 0.416 e. The number of likely N-dealkylation sites (tertiary alicyclic amines) is 1. The fraction of sp³-hybridized carbons (Fsp3) is 0.478. The Morgan fingerprint density at radius 3 is 2.47 bits per heavy atom. The van der Waals surface area contributed by atoms with E-state index in [-0.39, 0.29) is 30.1 Å². The first kappa shape index (κ1) is 24.5. The van der Waals surface area contributed by atoms with E-state index in [2.05, 4.69) is 10.6 Å². The molecular formula is C23H27F3N4O3S. The molecule has 1 aromatic carbocycles. The molecule has 2 N–H and O–H groups in total. The lowest BCUT2D eigenvalue weighted by Gasteiger charge is -2.33. The zero-order chi connectivity index (χ0) is 24.1. The molecule has 2 fully saturated rings. The van der Waals surface area contributed by atoms with Gasteiger partial charge in [0.25, 0.3) is 5.91 Å². The maximum absolute atomic E-state index is 13.3. The number of amides is 2. The number of hydrogen-bond donors (Lipinski definition) is 2. The number of benzene rings is 1. The minimum absolute atomic E-state index is 0.0306. The summed E-state index contributed by atoms with van der Waals surface area (Å²) in [6.07, 6.45) is -3.10. The molecule has 3 heterocycles. The van der Waals surface area contributed by atoms with Crippen molar-refractivity contribution in [1.82, 2.24) is 10.2 Å². The fourth-order valence-corrected chi connectivity index (χ4v) is 4.82. The molecule has 2 amide bonds. The first-order valence-corrected chi connectivity index (χ1v) is 12.1. The second kappa shape index (κ2) is 10.7. The third-order valence-electron chi connectivity index (χ3n) is 6.02. The van der Waals surface area contributed by atoms with E-state index < -0.39 is 11.7 Å². The molecule has 0 spiro atoms. The van der Waals surface area contributed by atoms with Gasteiger partial charge in [-0.2, -0.15) is 24.5 Å². The second-order valence-electron chi connectivity index (χ2n) is 8.41. The summed E-state index contributed by atoms with van der Waals surface area (Å²) in [7, 11) is 0. The predicted molar refractivity (Wildman–Crippen MR) is 124 cm³/mol. The Morgan fingerprint density at radius 1 is 1.09 bits per heavy atom. The maximum atomic E-state index is 13.3. The lowest BCUT2D eigenvalue weighted by atomic mass is 10.0. The number of carbonyl (C=O) groups is 2. The van der Waals surface area contributed by atoms with Crippen molar-refractivity contribution in [1.29, 1.82) is 0 Å². The molecule has 0 saturated carbocycles. The number of morpholine rings is 1. The Morgan fingerprint density at radius 2 is 1.82 bits per heavy atom. The monoisotopic (exact) mass is 496 g/mol. The highest BCUT2D eigenvalue weighted by Gasteiger charge is 2.32. The Kier molecular flexibility index (Phi) is 7.74. The summed E-state index contributed by atoms with van der Waals surface area (Å²) in [6, 6.07) is 5.25. The van der Waals surface area contributed by atoms with E-state index in [9.17, 15) is 22.8 Å². The van der Waals surface area contributed by atoms with Gasteiger partial charge >= 0.3 is 6.18 Å². The van der Waals surface area contributed by atoms with Gasteiger partial charge in [-0.25, -0.2) is 0 Å². The predicted octanol–water partition coefficient (Wildman–Crippen LogP) is 3.44. The molecule has 2 aromatic rings. The molecule has 0 bridgehead atoms. The van der Waals surface area contributed by atoms with E-state index in [0.29, 0.717) is 63.5 Å². The number of halogens is 3. The number of nitrogens with one attached hydrogen (secondary N) is 2. The molecule has 4 rings (SSSR count). The summed E-state index contributed by atoms with van der Waals surface area (Å²) in [4.78, 5) is 28.8. The average Bonchev–Trinajstić information content (AvgIpc) is 3.35. The van der Waals surface area contributed by atoms with Gasteiger partial charge < -0.3 is 20.3 Å². The molecule has 1 aromatic heterocycles. The largest absolute Gasteiger partial charge is 0.416 e. The third kappa shape index (κ3) is 6.28. The Labute approximate surface area is 199 Å². The van der Waals surface area contributed by atoms with Gasteiger partial charge in [-0.1, -0.05) is 0 Å². The fourth-order valence-electron chi connectivity index (χ4n) is 4.18. The van der Waals surface area contributed by atoms with Crippen LogP contribution < -0.4 is 15.5 Å². The van der Waals surface area contributed by atoms with Crippen LogP contribution in [-0.2, 0) is 15.7 Å². The van der Waals surface area contributed by atoms with Crippen molar-refractivity contribution in [2.75, 3.05) is 56.2 Å². The van der Waals surface area contributed by atoms with Gasteiger partial charge in [0.05, 0.1) is 36.7 Å². The van der Waals surface area contributed by atoms with Crippen molar-refractivity contribution < 1.29 is 27.5 Å². The number of nitrogens with zero attached hydrogens (tertiary/aromatic N) is 2. The smallest absolute Gasteiger partial charge is 0.378 e. The van der Waals surface area contributed by atoms with Crippen LogP contribution in [0.5, 0.6) is 0 Å². The van der Waals surface area contributed by atoms with Gasteiger partial charge in [0.2, 0.25) is 5.91 Å². The molecule has 0 atom stereocenters. The van der Waals surface area contributed by atoms with Crippen LogP contribution in [0.1, 0.15) is 28.8 Å². The van der Waals surface area contributed by atoms with Crippen LogP contribution in [0.3, 0.4) is 0 Å². The van der Waals surface area contributed by atoms with Gasteiger partial charge in [0.15, 0.2) is 0 Å². The standard InChI is InChI=1S/C23H27F3N4O3S/c24-23(25,26)17-1-2-20(30-8-10-33-11-9-30)19(13-17)28-21(31)14-29-6-3-18(4-7-29)27-22(32)16-5-12-34-15-16/h1-2,5,12-13,15,18H,3-4,6-11,14H2,(H,27,32)(H,28,31). The molecule has 2 saturated heterocycles. The Balaban J connectivity index is 1.34. The summed E-state index contributed by atoms with van der Waals surface area (Å²) in [5, 5.41) is 9.37. The number of rotatable bonds is 6. The van der Waals surface area contributed by atoms with E-state index in [1.807, 2.05) is 15.2 Å². The SMILES string of the molecule is O=C(CN1CCC(NC(=O)c2ccsc2)CC1)Nc1cc(C(F)(F)F)ccc1N1CCOCC1. The number of ether oxygens (including phenoxy) is 1. The van der Waals surface area contributed by atoms with E-state index in [0.717, 1.165) is 12.1 Å². The minimum Gasteiger partial charge on any atom is -0.378 e. The average molecular weight is 497 g/mol. The summed E-state index contributed by atoms with van der Waals surface area (Å²) in [6.45, 7) is 3.34. The van der Waals surface area contributed by atoms with Crippen LogP contribution >= 0.6 is 11.3 Å². The van der Waals surface area contributed by atoms with E-state index in [4.69, 9.17) is 4.74 Å². The van der Waals surface area contributed by atoms with Crippen molar-refractivity contribution in [3.63, 3.8) is 0 Å². The summed E-state index contributed by atoms with van der Waals surface area (Å²) >= 11 is 1.46. The van der Waals surface area contributed by atoms with Crippen LogP contribution in [-0.4, -0.2) is 68.7 Å². The number of hydrogen-bond acceptors (Lipinski definition) is 6. The van der Waals surface area contributed by atoms with Crippen molar-refractivity contribution >= 4 is 34.5 Å². The molecule has 0 radical (unpaired) electrons. The summed E-state index contributed by atoms with van der Waals surface area (Å²) in [5.74, 6) is -0.466. The van der Waals surface area contributed by atoms with Gasteiger partial charge in [-0.15, -0.1) is 0 Å². The van der Waals surface area contributed by atoms with Crippen LogP contribution in [0, 0.1) is 0 Å².